The minimum atomic E-state index is -0.631. The zero-order chi connectivity index (χ0) is 14.2. The van der Waals surface area contributed by atoms with E-state index >= 15 is 0 Å². The van der Waals surface area contributed by atoms with Gasteiger partial charge in [-0.05, 0) is 33.1 Å². The van der Waals surface area contributed by atoms with Crippen molar-refractivity contribution in [3.05, 3.63) is 0 Å². The van der Waals surface area contributed by atoms with E-state index in [1.807, 2.05) is 27.7 Å². The second kappa shape index (κ2) is 8.41. The Morgan fingerprint density at radius 2 is 1.78 bits per heavy atom. The highest BCUT2D eigenvalue weighted by molar-refractivity contribution is 5.84. The van der Waals surface area contributed by atoms with Gasteiger partial charge in [0, 0.05) is 18.9 Å². The van der Waals surface area contributed by atoms with Crippen LogP contribution in [0, 0.1) is 5.92 Å². The molecule has 0 N–H and O–H groups in total. The van der Waals surface area contributed by atoms with Gasteiger partial charge < -0.3 is 4.74 Å². The molecule has 0 bridgehead atoms. The molecule has 106 valence electrons. The van der Waals surface area contributed by atoms with Crippen molar-refractivity contribution < 1.29 is 14.3 Å². The molecule has 0 heterocycles. The maximum Gasteiger partial charge on any atom is 0.161 e. The molecule has 0 amide bonds. The van der Waals surface area contributed by atoms with Gasteiger partial charge in [0.2, 0.25) is 0 Å². The van der Waals surface area contributed by atoms with Crippen LogP contribution in [0.15, 0.2) is 0 Å². The normalized spacial score (nSPS) is 14.6. The lowest BCUT2D eigenvalue weighted by molar-refractivity contribution is -0.140. The van der Waals surface area contributed by atoms with E-state index in [1.54, 1.807) is 6.92 Å². The molecule has 0 unspecified atom stereocenters. The van der Waals surface area contributed by atoms with Crippen molar-refractivity contribution in [2.45, 2.75) is 72.3 Å². The summed E-state index contributed by atoms with van der Waals surface area (Å²) >= 11 is 0. The van der Waals surface area contributed by atoms with E-state index in [4.69, 9.17) is 4.74 Å². The molecule has 0 aliphatic carbocycles. The molecule has 3 heteroatoms. The number of carbonyl (C=O) groups excluding carboxylic acids is 2. The summed E-state index contributed by atoms with van der Waals surface area (Å²) in [4.78, 5) is 22.8. The van der Waals surface area contributed by atoms with Gasteiger partial charge in [0.25, 0.3) is 0 Å². The first kappa shape index (κ1) is 17.3. The highest BCUT2D eigenvalue weighted by atomic mass is 16.5. The van der Waals surface area contributed by atoms with Gasteiger partial charge in [0.05, 0.1) is 0 Å². The summed E-state index contributed by atoms with van der Waals surface area (Å²) in [7, 11) is 0. The van der Waals surface area contributed by atoms with Crippen molar-refractivity contribution in [2.24, 2.45) is 5.92 Å². The third-order valence-electron chi connectivity index (χ3n) is 3.55. The number of ether oxygens (including phenoxy) is 1. The van der Waals surface area contributed by atoms with E-state index in [0.29, 0.717) is 25.2 Å². The Morgan fingerprint density at radius 1 is 1.17 bits per heavy atom. The van der Waals surface area contributed by atoms with Gasteiger partial charge in [-0.2, -0.15) is 0 Å². The first-order valence-electron chi connectivity index (χ1n) is 7.01. The van der Waals surface area contributed by atoms with Crippen LogP contribution in [0.5, 0.6) is 0 Å². The average Bonchev–Trinajstić information content (AvgIpc) is 2.32. The first-order chi connectivity index (χ1) is 8.33. The highest BCUT2D eigenvalue weighted by Crippen LogP contribution is 2.17. The summed E-state index contributed by atoms with van der Waals surface area (Å²) in [5.41, 5.74) is -0.631. The van der Waals surface area contributed by atoms with E-state index in [1.165, 1.54) is 0 Å². The molecule has 0 aliphatic rings. The van der Waals surface area contributed by atoms with Crippen molar-refractivity contribution >= 4 is 11.6 Å². The standard InChI is InChI=1S/C15H28O3/c1-6-15(5,13(4)16)18-11-9-7-8-10-14(17)12(2)3/h12H,6-11H2,1-5H3/t15-/m0/s1. The van der Waals surface area contributed by atoms with Crippen molar-refractivity contribution in [2.75, 3.05) is 6.61 Å². The molecular weight excluding hydrogens is 228 g/mol. The number of hydrogen-bond acceptors (Lipinski definition) is 3. The van der Waals surface area contributed by atoms with E-state index in [9.17, 15) is 9.59 Å². The van der Waals surface area contributed by atoms with E-state index in [0.717, 1.165) is 19.3 Å². The molecule has 0 saturated heterocycles. The Kier molecular flexibility index (Phi) is 8.08. The molecule has 0 aromatic carbocycles. The minimum absolute atomic E-state index is 0.0833. The lowest BCUT2D eigenvalue weighted by atomic mass is 9.98. The topological polar surface area (TPSA) is 43.4 Å². The van der Waals surface area contributed by atoms with Gasteiger partial charge >= 0.3 is 0 Å². The third kappa shape index (κ3) is 6.29. The van der Waals surface area contributed by atoms with Crippen LogP contribution in [0.25, 0.3) is 0 Å². The van der Waals surface area contributed by atoms with Crippen LogP contribution in [0.3, 0.4) is 0 Å². The molecule has 0 aromatic heterocycles. The highest BCUT2D eigenvalue weighted by Gasteiger charge is 2.27. The molecule has 0 aliphatic heterocycles. The molecule has 0 aromatic rings. The lowest BCUT2D eigenvalue weighted by Crippen LogP contribution is -2.36. The Labute approximate surface area is 111 Å². The minimum Gasteiger partial charge on any atom is -0.368 e. The van der Waals surface area contributed by atoms with Gasteiger partial charge in [0.15, 0.2) is 5.78 Å². The zero-order valence-corrected chi connectivity index (χ0v) is 12.5. The van der Waals surface area contributed by atoms with Crippen LogP contribution in [0.4, 0.5) is 0 Å². The quantitative estimate of drug-likeness (QED) is 0.561. The monoisotopic (exact) mass is 256 g/mol. The zero-order valence-electron chi connectivity index (χ0n) is 12.5. The Bertz CT molecular complexity index is 271. The summed E-state index contributed by atoms with van der Waals surface area (Å²) in [6.07, 6.45) is 4.18. The van der Waals surface area contributed by atoms with Crippen LogP contribution >= 0.6 is 0 Å². The molecule has 18 heavy (non-hydrogen) atoms. The maximum atomic E-state index is 11.4. The van der Waals surface area contributed by atoms with Crippen LogP contribution in [-0.4, -0.2) is 23.8 Å². The molecule has 0 spiro atoms. The Morgan fingerprint density at radius 3 is 2.22 bits per heavy atom. The molecule has 0 fully saturated rings. The smallest absolute Gasteiger partial charge is 0.161 e. The van der Waals surface area contributed by atoms with E-state index < -0.39 is 5.60 Å². The SMILES string of the molecule is CC[C@](C)(OCCCCCC(=O)C(C)C)C(C)=O. The van der Waals surface area contributed by atoms with Crippen LogP contribution < -0.4 is 0 Å². The molecule has 0 saturated carbocycles. The second-order valence-corrected chi connectivity index (χ2v) is 5.42. The molecule has 1 atom stereocenters. The third-order valence-corrected chi connectivity index (χ3v) is 3.55. The maximum absolute atomic E-state index is 11.4. The van der Waals surface area contributed by atoms with Crippen molar-refractivity contribution in [3.63, 3.8) is 0 Å². The molecular formula is C15H28O3. The fourth-order valence-corrected chi connectivity index (χ4v) is 1.62. The Balaban J connectivity index is 3.68. The van der Waals surface area contributed by atoms with Crippen molar-refractivity contribution in [1.82, 2.24) is 0 Å². The fourth-order valence-electron chi connectivity index (χ4n) is 1.62. The summed E-state index contributed by atoms with van der Waals surface area (Å²) < 4.78 is 5.66. The van der Waals surface area contributed by atoms with Crippen LogP contribution in [-0.2, 0) is 14.3 Å². The number of ketones is 2. The Hall–Kier alpha value is -0.700. The second-order valence-electron chi connectivity index (χ2n) is 5.42. The van der Waals surface area contributed by atoms with Gasteiger partial charge in [-0.3, -0.25) is 9.59 Å². The summed E-state index contributed by atoms with van der Waals surface area (Å²) in [6, 6.07) is 0. The van der Waals surface area contributed by atoms with Crippen LogP contribution in [0.2, 0.25) is 0 Å². The largest absolute Gasteiger partial charge is 0.368 e. The fraction of sp³-hybridized carbons (Fsp3) is 0.867. The molecule has 0 rings (SSSR count). The average molecular weight is 256 g/mol. The molecule has 3 nitrogen and oxygen atoms in total. The van der Waals surface area contributed by atoms with Crippen molar-refractivity contribution in [3.8, 4) is 0 Å². The number of rotatable bonds is 10. The van der Waals surface area contributed by atoms with Gasteiger partial charge in [-0.15, -0.1) is 0 Å². The van der Waals surface area contributed by atoms with Gasteiger partial charge in [0.1, 0.15) is 11.4 Å². The van der Waals surface area contributed by atoms with Crippen LogP contribution in [0.1, 0.15) is 66.7 Å². The molecule has 0 radical (unpaired) electrons. The van der Waals surface area contributed by atoms with Crippen molar-refractivity contribution in [1.29, 1.82) is 0 Å². The number of hydrogen-bond donors (Lipinski definition) is 0. The summed E-state index contributed by atoms with van der Waals surface area (Å²) in [5.74, 6) is 0.556. The van der Waals surface area contributed by atoms with E-state index in [-0.39, 0.29) is 11.7 Å². The number of unbranched alkanes of at least 4 members (excludes halogenated alkanes) is 2. The predicted octanol–water partition coefficient (Wildman–Crippen LogP) is 3.55. The van der Waals surface area contributed by atoms with Gasteiger partial charge in [-0.25, -0.2) is 0 Å². The first-order valence-corrected chi connectivity index (χ1v) is 7.01. The van der Waals surface area contributed by atoms with Gasteiger partial charge in [-0.1, -0.05) is 27.2 Å². The predicted molar refractivity (Wildman–Crippen MR) is 73.6 cm³/mol. The summed E-state index contributed by atoms with van der Waals surface area (Å²) in [6.45, 7) is 9.85. The van der Waals surface area contributed by atoms with E-state index in [2.05, 4.69) is 0 Å². The lowest BCUT2D eigenvalue weighted by Gasteiger charge is -2.25. The number of Topliss-reactive ketones (excluding diaryl/α,β-unsaturated/α-hetero) is 2. The number of carbonyl (C=O) groups is 2. The summed E-state index contributed by atoms with van der Waals surface area (Å²) in [5, 5.41) is 0.